The molecule has 118 valence electrons. The van der Waals surface area contributed by atoms with Crippen LogP contribution in [0.25, 0.3) is 0 Å². The average molecular weight is 291 g/mol. The topological polar surface area (TPSA) is 44.5 Å². The number of benzene rings is 1. The van der Waals surface area contributed by atoms with Crippen LogP contribution in [-0.2, 0) is 6.42 Å². The summed E-state index contributed by atoms with van der Waals surface area (Å²) in [4.78, 5) is 0. The lowest BCUT2D eigenvalue weighted by atomic mass is 9.82. The summed E-state index contributed by atoms with van der Waals surface area (Å²) < 4.78 is 12.0. The normalized spacial score (nSPS) is 25.6. The van der Waals surface area contributed by atoms with Gasteiger partial charge in [-0.1, -0.05) is 19.9 Å². The standard InChI is InChI=1S/C18H29NO2/c1-4-20-18-12-15(7-8-19)5-6-17(18)21-16-10-13(2)9-14(3)11-16/h5-6,12-14,16H,4,7-11,19H2,1-3H3. The molecular weight excluding hydrogens is 262 g/mol. The first kappa shape index (κ1) is 16.2. The molecule has 0 amide bonds. The van der Waals surface area contributed by atoms with E-state index < -0.39 is 0 Å². The summed E-state index contributed by atoms with van der Waals surface area (Å²) in [6, 6.07) is 6.21. The van der Waals surface area contributed by atoms with Crippen LogP contribution in [0.4, 0.5) is 0 Å². The van der Waals surface area contributed by atoms with Gasteiger partial charge in [-0.15, -0.1) is 0 Å². The Morgan fingerprint density at radius 1 is 1.10 bits per heavy atom. The number of nitrogens with two attached hydrogens (primary N) is 1. The molecule has 0 radical (unpaired) electrons. The molecule has 1 aliphatic carbocycles. The van der Waals surface area contributed by atoms with Crippen LogP contribution >= 0.6 is 0 Å². The number of hydrogen-bond acceptors (Lipinski definition) is 3. The monoisotopic (exact) mass is 291 g/mol. The zero-order valence-corrected chi connectivity index (χ0v) is 13.6. The average Bonchev–Trinajstić information content (AvgIpc) is 2.41. The number of ether oxygens (including phenoxy) is 2. The SMILES string of the molecule is CCOc1cc(CCN)ccc1OC1CC(C)CC(C)C1. The smallest absolute Gasteiger partial charge is 0.161 e. The zero-order chi connectivity index (χ0) is 15.2. The van der Waals surface area contributed by atoms with Gasteiger partial charge in [0, 0.05) is 0 Å². The second-order valence-electron chi connectivity index (χ2n) is 6.41. The van der Waals surface area contributed by atoms with Crippen molar-refractivity contribution in [2.75, 3.05) is 13.2 Å². The Hall–Kier alpha value is -1.22. The minimum atomic E-state index is 0.309. The van der Waals surface area contributed by atoms with Crippen LogP contribution < -0.4 is 15.2 Å². The first-order valence-electron chi connectivity index (χ1n) is 8.24. The van der Waals surface area contributed by atoms with Crippen molar-refractivity contribution in [3.63, 3.8) is 0 Å². The number of rotatable bonds is 6. The highest BCUT2D eigenvalue weighted by molar-refractivity contribution is 5.43. The molecule has 0 heterocycles. The quantitative estimate of drug-likeness (QED) is 0.867. The van der Waals surface area contributed by atoms with E-state index in [1.807, 2.05) is 13.0 Å². The van der Waals surface area contributed by atoms with Gasteiger partial charge in [-0.25, -0.2) is 0 Å². The molecule has 0 aromatic heterocycles. The lowest BCUT2D eigenvalue weighted by Crippen LogP contribution is -2.28. The van der Waals surface area contributed by atoms with Gasteiger partial charge in [0.05, 0.1) is 12.7 Å². The Bertz CT molecular complexity index is 437. The van der Waals surface area contributed by atoms with E-state index in [4.69, 9.17) is 15.2 Å². The fourth-order valence-corrected chi connectivity index (χ4v) is 3.39. The Balaban J connectivity index is 2.10. The van der Waals surface area contributed by atoms with Crippen LogP contribution in [0.15, 0.2) is 18.2 Å². The summed E-state index contributed by atoms with van der Waals surface area (Å²) in [6.07, 6.45) is 4.77. The van der Waals surface area contributed by atoms with E-state index in [1.165, 1.54) is 12.0 Å². The first-order chi connectivity index (χ1) is 10.1. The maximum absolute atomic E-state index is 6.26. The molecule has 0 bridgehead atoms. The maximum atomic E-state index is 6.26. The molecular formula is C18H29NO2. The van der Waals surface area contributed by atoms with Crippen molar-refractivity contribution in [3.8, 4) is 11.5 Å². The van der Waals surface area contributed by atoms with E-state index in [1.54, 1.807) is 0 Å². The summed E-state index contributed by atoms with van der Waals surface area (Å²) >= 11 is 0. The third-order valence-corrected chi connectivity index (χ3v) is 4.17. The molecule has 1 aromatic carbocycles. The maximum Gasteiger partial charge on any atom is 0.161 e. The second kappa shape index (κ2) is 7.69. The Morgan fingerprint density at radius 2 is 1.81 bits per heavy atom. The highest BCUT2D eigenvalue weighted by Gasteiger charge is 2.26. The molecule has 21 heavy (non-hydrogen) atoms. The molecule has 1 aromatic rings. The molecule has 2 rings (SSSR count). The van der Waals surface area contributed by atoms with Gasteiger partial charge in [-0.3, -0.25) is 0 Å². The first-order valence-corrected chi connectivity index (χ1v) is 8.24. The Labute approximate surface area is 128 Å². The van der Waals surface area contributed by atoms with Gasteiger partial charge in [0.1, 0.15) is 0 Å². The van der Waals surface area contributed by atoms with Gasteiger partial charge in [0.25, 0.3) is 0 Å². The van der Waals surface area contributed by atoms with Crippen LogP contribution in [0, 0.1) is 11.8 Å². The summed E-state index contributed by atoms with van der Waals surface area (Å²) in [7, 11) is 0. The van der Waals surface area contributed by atoms with Crippen molar-refractivity contribution in [3.05, 3.63) is 23.8 Å². The van der Waals surface area contributed by atoms with Gasteiger partial charge < -0.3 is 15.2 Å². The minimum absolute atomic E-state index is 0.309. The van der Waals surface area contributed by atoms with Gasteiger partial charge in [-0.2, -0.15) is 0 Å². The fraction of sp³-hybridized carbons (Fsp3) is 0.667. The molecule has 2 unspecified atom stereocenters. The van der Waals surface area contributed by atoms with Crippen molar-refractivity contribution in [1.82, 2.24) is 0 Å². The van der Waals surface area contributed by atoms with Crippen molar-refractivity contribution >= 4 is 0 Å². The molecule has 1 fully saturated rings. The third kappa shape index (κ3) is 4.63. The van der Waals surface area contributed by atoms with E-state index in [0.717, 1.165) is 42.6 Å². The molecule has 1 aliphatic rings. The summed E-state index contributed by atoms with van der Waals surface area (Å²) in [5.41, 5.74) is 6.84. The summed E-state index contributed by atoms with van der Waals surface area (Å²) in [6.45, 7) is 7.95. The molecule has 2 N–H and O–H groups in total. The van der Waals surface area contributed by atoms with Crippen LogP contribution in [0.2, 0.25) is 0 Å². The van der Waals surface area contributed by atoms with Crippen molar-refractivity contribution in [1.29, 1.82) is 0 Å². The molecule has 3 nitrogen and oxygen atoms in total. The van der Waals surface area contributed by atoms with Gasteiger partial charge in [0.15, 0.2) is 11.5 Å². The molecule has 1 saturated carbocycles. The minimum Gasteiger partial charge on any atom is -0.490 e. The third-order valence-electron chi connectivity index (χ3n) is 4.17. The number of hydrogen-bond donors (Lipinski definition) is 1. The molecule has 0 aliphatic heterocycles. The molecule has 3 heteroatoms. The molecule has 2 atom stereocenters. The van der Waals surface area contributed by atoms with Gasteiger partial charge in [-0.05, 0) is 68.7 Å². The second-order valence-corrected chi connectivity index (χ2v) is 6.41. The molecule has 0 saturated heterocycles. The van der Waals surface area contributed by atoms with Crippen molar-refractivity contribution in [2.45, 2.75) is 52.6 Å². The van der Waals surface area contributed by atoms with Crippen molar-refractivity contribution < 1.29 is 9.47 Å². The predicted molar refractivity (Wildman–Crippen MR) is 87.0 cm³/mol. The lowest BCUT2D eigenvalue weighted by Gasteiger charge is -2.32. The summed E-state index contributed by atoms with van der Waals surface area (Å²) in [5.74, 6) is 3.22. The summed E-state index contributed by atoms with van der Waals surface area (Å²) in [5, 5.41) is 0. The zero-order valence-electron chi connectivity index (χ0n) is 13.6. The van der Waals surface area contributed by atoms with Gasteiger partial charge >= 0.3 is 0 Å². The lowest BCUT2D eigenvalue weighted by molar-refractivity contribution is 0.0971. The fourth-order valence-electron chi connectivity index (χ4n) is 3.39. The van der Waals surface area contributed by atoms with Crippen LogP contribution in [0.1, 0.15) is 45.6 Å². The Kier molecular flexibility index (Phi) is 5.92. The van der Waals surface area contributed by atoms with Crippen LogP contribution in [0.5, 0.6) is 11.5 Å². The van der Waals surface area contributed by atoms with Crippen LogP contribution in [-0.4, -0.2) is 19.3 Å². The largest absolute Gasteiger partial charge is 0.490 e. The van der Waals surface area contributed by atoms with Crippen LogP contribution in [0.3, 0.4) is 0 Å². The van der Waals surface area contributed by atoms with E-state index in [2.05, 4.69) is 26.0 Å². The molecule has 0 spiro atoms. The van der Waals surface area contributed by atoms with E-state index in [-0.39, 0.29) is 0 Å². The van der Waals surface area contributed by atoms with Gasteiger partial charge in [0.2, 0.25) is 0 Å². The van der Waals surface area contributed by atoms with Crippen molar-refractivity contribution in [2.24, 2.45) is 17.6 Å². The van der Waals surface area contributed by atoms with E-state index >= 15 is 0 Å². The highest BCUT2D eigenvalue weighted by Crippen LogP contribution is 2.35. The Morgan fingerprint density at radius 3 is 2.43 bits per heavy atom. The highest BCUT2D eigenvalue weighted by atomic mass is 16.5. The predicted octanol–water partition coefficient (Wildman–Crippen LogP) is 3.79. The van der Waals surface area contributed by atoms with E-state index in [9.17, 15) is 0 Å². The van der Waals surface area contributed by atoms with E-state index in [0.29, 0.717) is 19.3 Å².